The quantitative estimate of drug-likeness (QED) is 0.758. The molecule has 122 valence electrons. The summed E-state index contributed by atoms with van der Waals surface area (Å²) in [6, 6.07) is 15.7. The average molecular weight is 324 g/mol. The van der Waals surface area contributed by atoms with Crippen molar-refractivity contribution in [3.05, 3.63) is 83.9 Å². The average Bonchev–Trinajstić information content (AvgIpc) is 3.09. The van der Waals surface area contributed by atoms with E-state index >= 15 is 0 Å². The summed E-state index contributed by atoms with van der Waals surface area (Å²) in [6.45, 7) is 0.484. The Hall–Kier alpha value is -3.15. The van der Waals surface area contributed by atoms with E-state index in [1.54, 1.807) is 29.1 Å². The molecule has 3 rings (SSSR count). The normalized spacial score (nSPS) is 10.4. The maximum absolute atomic E-state index is 13.5. The summed E-state index contributed by atoms with van der Waals surface area (Å²) in [5.41, 5.74) is 2.28. The van der Waals surface area contributed by atoms with E-state index in [1.807, 2.05) is 36.5 Å². The molecular formula is C18H17FN4O. The molecule has 1 heterocycles. The summed E-state index contributed by atoms with van der Waals surface area (Å²) in [7, 11) is 0. The third-order valence-electron chi connectivity index (χ3n) is 3.51. The van der Waals surface area contributed by atoms with Crippen molar-refractivity contribution in [2.45, 2.75) is 13.1 Å². The first kappa shape index (κ1) is 15.7. The van der Waals surface area contributed by atoms with Gasteiger partial charge in [-0.15, -0.1) is 0 Å². The maximum Gasteiger partial charge on any atom is 0.315 e. The van der Waals surface area contributed by atoms with Gasteiger partial charge < -0.3 is 10.6 Å². The third-order valence-corrected chi connectivity index (χ3v) is 3.51. The minimum absolute atomic E-state index is 0.141. The Labute approximate surface area is 139 Å². The van der Waals surface area contributed by atoms with E-state index in [4.69, 9.17) is 0 Å². The number of amides is 2. The molecule has 2 N–H and O–H groups in total. The highest BCUT2D eigenvalue weighted by atomic mass is 19.1. The number of para-hydroxylation sites is 1. The number of hydrogen-bond donors (Lipinski definition) is 2. The summed E-state index contributed by atoms with van der Waals surface area (Å²) < 4.78 is 15.2. The van der Waals surface area contributed by atoms with Crippen molar-refractivity contribution in [2.24, 2.45) is 0 Å². The van der Waals surface area contributed by atoms with Gasteiger partial charge in [-0.05, 0) is 18.2 Å². The van der Waals surface area contributed by atoms with Gasteiger partial charge in [0.1, 0.15) is 5.82 Å². The minimum Gasteiger partial charge on any atom is -0.334 e. The zero-order valence-electron chi connectivity index (χ0n) is 12.9. The van der Waals surface area contributed by atoms with Crippen molar-refractivity contribution < 1.29 is 9.18 Å². The summed E-state index contributed by atoms with van der Waals surface area (Å²) in [6.07, 6.45) is 3.55. The molecule has 0 saturated carbocycles. The standard InChI is InChI=1S/C18H17FN4O/c19-17-9-5-4-6-15(17)12-21-18(24)20-10-14-11-22-23(13-14)16-7-2-1-3-8-16/h1-9,11,13H,10,12H2,(H2,20,21,24). The van der Waals surface area contributed by atoms with E-state index in [0.717, 1.165) is 11.3 Å². The van der Waals surface area contributed by atoms with Crippen molar-refractivity contribution in [3.8, 4) is 5.69 Å². The van der Waals surface area contributed by atoms with Crippen LogP contribution in [0.4, 0.5) is 9.18 Å². The third kappa shape index (κ3) is 3.98. The second-order valence-corrected chi connectivity index (χ2v) is 5.26. The lowest BCUT2D eigenvalue weighted by Crippen LogP contribution is -2.34. The molecule has 0 radical (unpaired) electrons. The number of nitrogens with one attached hydrogen (secondary N) is 2. The number of nitrogens with zero attached hydrogens (tertiary/aromatic N) is 2. The monoisotopic (exact) mass is 324 g/mol. The maximum atomic E-state index is 13.5. The van der Waals surface area contributed by atoms with Gasteiger partial charge in [0.25, 0.3) is 0 Å². The van der Waals surface area contributed by atoms with Crippen LogP contribution in [0.5, 0.6) is 0 Å². The highest BCUT2D eigenvalue weighted by molar-refractivity contribution is 5.73. The van der Waals surface area contributed by atoms with Crippen molar-refractivity contribution in [3.63, 3.8) is 0 Å². The second-order valence-electron chi connectivity index (χ2n) is 5.26. The van der Waals surface area contributed by atoms with Crippen LogP contribution < -0.4 is 10.6 Å². The highest BCUT2D eigenvalue weighted by Gasteiger charge is 2.05. The molecule has 0 aliphatic heterocycles. The fraction of sp³-hybridized carbons (Fsp3) is 0.111. The van der Waals surface area contributed by atoms with Crippen LogP contribution >= 0.6 is 0 Å². The van der Waals surface area contributed by atoms with Crippen LogP contribution in [-0.2, 0) is 13.1 Å². The Kier molecular flexibility index (Phi) is 4.86. The summed E-state index contributed by atoms with van der Waals surface area (Å²) in [5, 5.41) is 9.62. The molecular weight excluding hydrogens is 307 g/mol. The topological polar surface area (TPSA) is 59.0 Å². The zero-order chi connectivity index (χ0) is 16.8. The molecule has 2 aromatic carbocycles. The lowest BCUT2D eigenvalue weighted by Gasteiger charge is -2.07. The molecule has 0 aliphatic rings. The Morgan fingerprint density at radius 2 is 1.71 bits per heavy atom. The molecule has 0 fully saturated rings. The number of carbonyl (C=O) groups is 1. The van der Waals surface area contributed by atoms with Gasteiger partial charge in [0, 0.05) is 30.4 Å². The molecule has 0 aliphatic carbocycles. The molecule has 0 atom stereocenters. The van der Waals surface area contributed by atoms with Gasteiger partial charge in [0.15, 0.2) is 0 Å². The number of carbonyl (C=O) groups excluding carboxylic acids is 1. The fourth-order valence-corrected chi connectivity index (χ4v) is 2.24. The number of aromatic nitrogens is 2. The molecule has 6 heteroatoms. The van der Waals surface area contributed by atoms with Gasteiger partial charge in [0.2, 0.25) is 0 Å². The first-order chi connectivity index (χ1) is 11.7. The Bertz CT molecular complexity index is 817. The van der Waals surface area contributed by atoms with Crippen LogP contribution in [0.15, 0.2) is 67.0 Å². The predicted octanol–water partition coefficient (Wildman–Crippen LogP) is 3.01. The molecule has 24 heavy (non-hydrogen) atoms. The second kappa shape index (κ2) is 7.41. The zero-order valence-corrected chi connectivity index (χ0v) is 12.9. The van der Waals surface area contributed by atoms with Crippen LogP contribution in [0.1, 0.15) is 11.1 Å². The number of hydrogen-bond acceptors (Lipinski definition) is 2. The van der Waals surface area contributed by atoms with Gasteiger partial charge >= 0.3 is 6.03 Å². The number of benzene rings is 2. The molecule has 3 aromatic rings. The van der Waals surface area contributed by atoms with Gasteiger partial charge in [-0.3, -0.25) is 0 Å². The van der Waals surface area contributed by atoms with Crippen molar-refractivity contribution in [1.82, 2.24) is 20.4 Å². The van der Waals surface area contributed by atoms with Crippen LogP contribution in [0.2, 0.25) is 0 Å². The van der Waals surface area contributed by atoms with Crippen LogP contribution in [0.3, 0.4) is 0 Å². The number of halogens is 1. The SMILES string of the molecule is O=C(NCc1cnn(-c2ccccc2)c1)NCc1ccccc1F. The number of urea groups is 1. The minimum atomic E-state index is -0.356. The van der Waals surface area contributed by atoms with E-state index in [0.29, 0.717) is 12.1 Å². The van der Waals surface area contributed by atoms with Gasteiger partial charge in [0.05, 0.1) is 11.9 Å². The van der Waals surface area contributed by atoms with Crippen LogP contribution in [-0.4, -0.2) is 15.8 Å². The van der Waals surface area contributed by atoms with Gasteiger partial charge in [-0.2, -0.15) is 5.10 Å². The molecule has 0 bridgehead atoms. The predicted molar refractivity (Wildman–Crippen MR) is 89.0 cm³/mol. The van der Waals surface area contributed by atoms with E-state index in [9.17, 15) is 9.18 Å². The molecule has 1 aromatic heterocycles. The van der Waals surface area contributed by atoms with Crippen LogP contribution in [0.25, 0.3) is 5.69 Å². The Morgan fingerprint density at radius 3 is 2.50 bits per heavy atom. The number of rotatable bonds is 5. The molecule has 0 spiro atoms. The van der Waals surface area contributed by atoms with Gasteiger partial charge in [-0.1, -0.05) is 36.4 Å². The highest BCUT2D eigenvalue weighted by Crippen LogP contribution is 2.08. The van der Waals surface area contributed by atoms with Gasteiger partial charge in [-0.25, -0.2) is 13.9 Å². The van der Waals surface area contributed by atoms with E-state index in [-0.39, 0.29) is 18.4 Å². The molecule has 5 nitrogen and oxygen atoms in total. The summed E-state index contributed by atoms with van der Waals surface area (Å²) >= 11 is 0. The molecule has 2 amide bonds. The molecule has 0 saturated heterocycles. The lowest BCUT2D eigenvalue weighted by molar-refractivity contribution is 0.240. The van der Waals surface area contributed by atoms with E-state index in [2.05, 4.69) is 15.7 Å². The summed E-state index contributed by atoms with van der Waals surface area (Å²) in [5.74, 6) is -0.332. The first-order valence-corrected chi connectivity index (χ1v) is 7.56. The lowest BCUT2D eigenvalue weighted by atomic mass is 10.2. The Morgan fingerprint density at radius 1 is 1.00 bits per heavy atom. The Balaban J connectivity index is 1.50. The van der Waals surface area contributed by atoms with Crippen LogP contribution in [0, 0.1) is 5.82 Å². The van der Waals surface area contributed by atoms with E-state index < -0.39 is 0 Å². The molecule has 0 unspecified atom stereocenters. The smallest absolute Gasteiger partial charge is 0.315 e. The van der Waals surface area contributed by atoms with Crippen molar-refractivity contribution >= 4 is 6.03 Å². The largest absolute Gasteiger partial charge is 0.334 e. The van der Waals surface area contributed by atoms with Crippen molar-refractivity contribution in [2.75, 3.05) is 0 Å². The fourth-order valence-electron chi connectivity index (χ4n) is 2.24. The summed E-state index contributed by atoms with van der Waals surface area (Å²) in [4.78, 5) is 11.8. The van der Waals surface area contributed by atoms with E-state index in [1.165, 1.54) is 6.07 Å². The first-order valence-electron chi connectivity index (χ1n) is 7.56. The van der Waals surface area contributed by atoms with Crippen molar-refractivity contribution in [1.29, 1.82) is 0 Å².